The molecule has 1 aromatic rings. The first-order valence-corrected chi connectivity index (χ1v) is 5.61. The molecule has 1 rings (SSSR count). The van der Waals surface area contributed by atoms with Gasteiger partial charge in [0.05, 0.1) is 7.11 Å². The van der Waals surface area contributed by atoms with Gasteiger partial charge < -0.3 is 20.5 Å². The highest BCUT2D eigenvalue weighted by Crippen LogP contribution is 2.19. The smallest absolute Gasteiger partial charge is 0.326 e. The van der Waals surface area contributed by atoms with Crippen LogP contribution in [0.5, 0.6) is 5.75 Å². The summed E-state index contributed by atoms with van der Waals surface area (Å²) in [6.07, 6.45) is 0.245. The van der Waals surface area contributed by atoms with Crippen LogP contribution in [0.3, 0.4) is 0 Å². The predicted octanol–water partition coefficient (Wildman–Crippen LogP) is 1.82. The van der Waals surface area contributed by atoms with E-state index in [1.165, 1.54) is 13.2 Å². The fourth-order valence-corrected chi connectivity index (χ4v) is 1.42. The number of carbonyl (C=O) groups excluding carboxylic acids is 1. The van der Waals surface area contributed by atoms with E-state index >= 15 is 0 Å². The maximum atomic E-state index is 13.2. The van der Waals surface area contributed by atoms with Gasteiger partial charge in [0, 0.05) is 17.8 Å². The minimum atomic E-state index is -1.13. The van der Waals surface area contributed by atoms with Crippen molar-refractivity contribution in [1.29, 1.82) is 0 Å². The number of carboxylic acids is 1. The van der Waals surface area contributed by atoms with E-state index in [2.05, 4.69) is 10.6 Å². The standard InChI is InChI=1S/C12H15FN2O4/c1-3-10(11(16)17)15-12(18)14-8-4-7(13)5-9(6-8)19-2/h4-6,10H,3H2,1-2H3,(H,16,17)(H2,14,15,18)/t10-/m1/s1. The molecule has 6 nitrogen and oxygen atoms in total. The molecular formula is C12H15FN2O4. The second-order valence-corrected chi connectivity index (χ2v) is 3.78. The molecule has 0 fully saturated rings. The summed E-state index contributed by atoms with van der Waals surface area (Å²) in [6, 6.07) is 1.97. The highest BCUT2D eigenvalue weighted by atomic mass is 19.1. The molecule has 1 aromatic carbocycles. The normalized spacial score (nSPS) is 11.5. The first-order chi connectivity index (χ1) is 8.96. The zero-order chi connectivity index (χ0) is 14.4. The van der Waals surface area contributed by atoms with E-state index in [0.29, 0.717) is 0 Å². The van der Waals surface area contributed by atoms with Gasteiger partial charge in [-0.1, -0.05) is 6.92 Å². The molecule has 19 heavy (non-hydrogen) atoms. The summed E-state index contributed by atoms with van der Waals surface area (Å²) >= 11 is 0. The van der Waals surface area contributed by atoms with Crippen molar-refractivity contribution < 1.29 is 23.8 Å². The topological polar surface area (TPSA) is 87.7 Å². The van der Waals surface area contributed by atoms with Crippen molar-refractivity contribution in [3.63, 3.8) is 0 Å². The number of nitrogens with one attached hydrogen (secondary N) is 2. The molecule has 2 amide bonds. The maximum absolute atomic E-state index is 13.2. The first kappa shape index (κ1) is 14.7. The molecule has 0 aromatic heterocycles. The Kier molecular flexibility index (Phi) is 5.11. The molecule has 7 heteroatoms. The van der Waals surface area contributed by atoms with Gasteiger partial charge in [0.2, 0.25) is 0 Å². The van der Waals surface area contributed by atoms with Crippen LogP contribution in [-0.4, -0.2) is 30.3 Å². The van der Waals surface area contributed by atoms with Crippen molar-refractivity contribution in [2.75, 3.05) is 12.4 Å². The van der Waals surface area contributed by atoms with Crippen molar-refractivity contribution in [1.82, 2.24) is 5.32 Å². The lowest BCUT2D eigenvalue weighted by Gasteiger charge is -2.13. The summed E-state index contributed by atoms with van der Waals surface area (Å²) in [6.45, 7) is 1.63. The van der Waals surface area contributed by atoms with Gasteiger partial charge in [0.15, 0.2) is 0 Å². The van der Waals surface area contributed by atoms with Gasteiger partial charge in [-0.05, 0) is 12.5 Å². The van der Waals surface area contributed by atoms with E-state index in [-0.39, 0.29) is 17.9 Å². The quantitative estimate of drug-likeness (QED) is 0.761. The third-order valence-corrected chi connectivity index (χ3v) is 2.38. The van der Waals surface area contributed by atoms with Crippen LogP contribution >= 0.6 is 0 Å². The molecule has 104 valence electrons. The first-order valence-electron chi connectivity index (χ1n) is 5.61. The average molecular weight is 270 g/mol. The molecule has 0 bridgehead atoms. The Morgan fingerprint density at radius 2 is 2.11 bits per heavy atom. The lowest BCUT2D eigenvalue weighted by atomic mass is 10.2. The van der Waals surface area contributed by atoms with Crippen LogP contribution in [0.15, 0.2) is 18.2 Å². The van der Waals surface area contributed by atoms with Crippen LogP contribution in [-0.2, 0) is 4.79 Å². The number of amides is 2. The minimum Gasteiger partial charge on any atom is -0.497 e. The van der Waals surface area contributed by atoms with E-state index in [0.717, 1.165) is 12.1 Å². The van der Waals surface area contributed by atoms with Crippen molar-refractivity contribution in [3.8, 4) is 5.75 Å². The van der Waals surface area contributed by atoms with Crippen molar-refractivity contribution in [3.05, 3.63) is 24.0 Å². The Morgan fingerprint density at radius 3 is 2.63 bits per heavy atom. The third-order valence-electron chi connectivity index (χ3n) is 2.38. The Balaban J connectivity index is 2.71. The van der Waals surface area contributed by atoms with E-state index in [1.807, 2.05) is 0 Å². The molecule has 0 radical (unpaired) electrons. The molecule has 1 atom stereocenters. The summed E-state index contributed by atoms with van der Waals surface area (Å²) in [5.41, 5.74) is 0.176. The largest absolute Gasteiger partial charge is 0.497 e. The van der Waals surface area contributed by atoms with Crippen LogP contribution in [0.1, 0.15) is 13.3 Å². The number of methoxy groups -OCH3 is 1. The Hall–Kier alpha value is -2.31. The van der Waals surface area contributed by atoms with Gasteiger partial charge in [-0.2, -0.15) is 0 Å². The predicted molar refractivity (Wildman–Crippen MR) is 66.8 cm³/mol. The van der Waals surface area contributed by atoms with Crippen molar-refractivity contribution in [2.24, 2.45) is 0 Å². The van der Waals surface area contributed by atoms with Crippen molar-refractivity contribution >= 4 is 17.7 Å². The molecular weight excluding hydrogens is 255 g/mol. The van der Waals surface area contributed by atoms with Crippen LogP contribution in [0, 0.1) is 5.82 Å². The summed E-state index contributed by atoms with van der Waals surface area (Å²) in [5.74, 6) is -1.45. The van der Waals surface area contributed by atoms with E-state index in [4.69, 9.17) is 9.84 Å². The Morgan fingerprint density at radius 1 is 1.42 bits per heavy atom. The number of rotatable bonds is 5. The number of aliphatic carboxylic acids is 1. The number of hydrogen-bond acceptors (Lipinski definition) is 3. The fraction of sp³-hybridized carbons (Fsp3) is 0.333. The van der Waals surface area contributed by atoms with Gasteiger partial charge in [-0.25, -0.2) is 14.0 Å². The van der Waals surface area contributed by atoms with E-state index in [1.54, 1.807) is 6.92 Å². The lowest BCUT2D eigenvalue weighted by molar-refractivity contribution is -0.139. The molecule has 0 saturated carbocycles. The van der Waals surface area contributed by atoms with Crippen LogP contribution < -0.4 is 15.4 Å². The molecule has 3 N–H and O–H groups in total. The van der Waals surface area contributed by atoms with Gasteiger partial charge in [0.1, 0.15) is 17.6 Å². The monoisotopic (exact) mass is 270 g/mol. The summed E-state index contributed by atoms with van der Waals surface area (Å²) in [4.78, 5) is 22.3. The minimum absolute atomic E-state index is 0.176. The molecule has 0 unspecified atom stereocenters. The highest BCUT2D eigenvalue weighted by Gasteiger charge is 2.17. The highest BCUT2D eigenvalue weighted by molar-refractivity contribution is 5.92. The number of benzene rings is 1. The lowest BCUT2D eigenvalue weighted by Crippen LogP contribution is -2.42. The second-order valence-electron chi connectivity index (χ2n) is 3.78. The maximum Gasteiger partial charge on any atom is 0.326 e. The molecule has 0 spiro atoms. The zero-order valence-corrected chi connectivity index (χ0v) is 10.6. The number of halogens is 1. The van der Waals surface area contributed by atoms with Crippen LogP contribution in [0.4, 0.5) is 14.9 Å². The van der Waals surface area contributed by atoms with Gasteiger partial charge >= 0.3 is 12.0 Å². The zero-order valence-electron chi connectivity index (χ0n) is 10.6. The average Bonchev–Trinajstić information content (AvgIpc) is 2.34. The van der Waals surface area contributed by atoms with Gasteiger partial charge in [0.25, 0.3) is 0 Å². The second kappa shape index (κ2) is 6.58. The Bertz CT molecular complexity index is 479. The molecule has 0 aliphatic heterocycles. The summed E-state index contributed by atoms with van der Waals surface area (Å²) in [7, 11) is 1.37. The molecule has 0 aliphatic carbocycles. The van der Waals surface area contributed by atoms with E-state index < -0.39 is 23.9 Å². The molecule has 0 saturated heterocycles. The molecule has 0 heterocycles. The number of carboxylic acid groups (broad SMARTS) is 1. The van der Waals surface area contributed by atoms with E-state index in [9.17, 15) is 14.0 Å². The van der Waals surface area contributed by atoms with Crippen molar-refractivity contribution in [2.45, 2.75) is 19.4 Å². The third kappa shape index (κ3) is 4.46. The number of hydrogen-bond donors (Lipinski definition) is 3. The fourth-order valence-electron chi connectivity index (χ4n) is 1.42. The number of carbonyl (C=O) groups is 2. The summed E-state index contributed by atoms with van der Waals surface area (Å²) in [5, 5.41) is 13.4. The number of urea groups is 1. The number of ether oxygens (including phenoxy) is 1. The van der Waals surface area contributed by atoms with Crippen LogP contribution in [0.25, 0.3) is 0 Å². The summed E-state index contributed by atoms with van der Waals surface area (Å²) < 4.78 is 18.0. The SMILES string of the molecule is CC[C@@H](NC(=O)Nc1cc(F)cc(OC)c1)C(=O)O. The Labute approximate surface area is 109 Å². The van der Waals surface area contributed by atoms with Crippen LogP contribution in [0.2, 0.25) is 0 Å². The van der Waals surface area contributed by atoms with Gasteiger partial charge in [-0.3, -0.25) is 0 Å². The molecule has 0 aliphatic rings. The van der Waals surface area contributed by atoms with Gasteiger partial charge in [-0.15, -0.1) is 0 Å². The number of anilines is 1.